The Bertz CT molecular complexity index is 570. The minimum absolute atomic E-state index is 0.0557. The zero-order chi connectivity index (χ0) is 13.2. The molecule has 1 fully saturated rings. The fraction of sp³-hybridized carbons (Fsp3) is 0.412. The molecule has 19 heavy (non-hydrogen) atoms. The van der Waals surface area contributed by atoms with E-state index in [1.807, 2.05) is 18.2 Å². The molecule has 2 aromatic carbocycles. The number of fused-ring (bicyclic) bond motifs is 1. The number of rotatable bonds is 2. The molecule has 1 aliphatic heterocycles. The quantitative estimate of drug-likeness (QED) is 0.886. The summed E-state index contributed by atoms with van der Waals surface area (Å²) in [7, 11) is 0. The maximum atomic E-state index is 10.6. The summed E-state index contributed by atoms with van der Waals surface area (Å²) < 4.78 is 5.72. The van der Waals surface area contributed by atoms with Crippen molar-refractivity contribution in [1.82, 2.24) is 0 Å². The van der Waals surface area contributed by atoms with Crippen LogP contribution in [0.3, 0.4) is 0 Å². The van der Waals surface area contributed by atoms with E-state index in [-0.39, 0.29) is 6.10 Å². The first-order valence-corrected chi connectivity index (χ1v) is 7.05. The Morgan fingerprint density at radius 3 is 2.63 bits per heavy atom. The van der Waals surface area contributed by atoms with Crippen LogP contribution in [0.1, 0.15) is 36.5 Å². The van der Waals surface area contributed by atoms with Crippen LogP contribution in [0.4, 0.5) is 0 Å². The van der Waals surface area contributed by atoms with Gasteiger partial charge in [-0.1, -0.05) is 36.4 Å². The zero-order valence-corrected chi connectivity index (χ0v) is 11.3. The second-order valence-electron chi connectivity index (χ2n) is 5.37. The summed E-state index contributed by atoms with van der Waals surface area (Å²) in [6.07, 6.45) is 2.62. The molecule has 3 rings (SSSR count). The van der Waals surface area contributed by atoms with Crippen LogP contribution in [-0.2, 0) is 4.74 Å². The number of ether oxygens (including phenoxy) is 1. The molecule has 2 nitrogen and oxygen atoms in total. The Labute approximate surface area is 114 Å². The number of aliphatic hydroxyl groups excluding tert-OH is 1. The van der Waals surface area contributed by atoms with Gasteiger partial charge in [0, 0.05) is 6.61 Å². The number of hydrogen-bond donors (Lipinski definition) is 1. The van der Waals surface area contributed by atoms with Crippen molar-refractivity contribution < 1.29 is 9.84 Å². The monoisotopic (exact) mass is 256 g/mol. The number of benzene rings is 2. The third kappa shape index (κ3) is 2.38. The lowest BCUT2D eigenvalue weighted by atomic mass is 9.92. The van der Waals surface area contributed by atoms with E-state index in [0.717, 1.165) is 36.8 Å². The molecule has 0 saturated carbocycles. The normalized spacial score (nSPS) is 21.5. The Hall–Kier alpha value is -1.38. The molecule has 0 aliphatic carbocycles. The fourth-order valence-corrected chi connectivity index (χ4v) is 2.95. The van der Waals surface area contributed by atoms with Crippen LogP contribution in [-0.4, -0.2) is 17.8 Å². The molecule has 1 N–H and O–H groups in total. The largest absolute Gasteiger partial charge is 0.386 e. The highest BCUT2D eigenvalue weighted by Crippen LogP contribution is 2.32. The first-order valence-electron chi connectivity index (χ1n) is 7.05. The number of aryl methyl sites for hydroxylation is 1. The van der Waals surface area contributed by atoms with Crippen molar-refractivity contribution in [3.63, 3.8) is 0 Å². The molecule has 0 radical (unpaired) electrons. The topological polar surface area (TPSA) is 29.5 Å². The van der Waals surface area contributed by atoms with Crippen molar-refractivity contribution in [3.8, 4) is 0 Å². The molecule has 2 unspecified atom stereocenters. The van der Waals surface area contributed by atoms with E-state index in [9.17, 15) is 5.11 Å². The predicted molar refractivity (Wildman–Crippen MR) is 77.2 cm³/mol. The lowest BCUT2D eigenvalue weighted by Crippen LogP contribution is -2.26. The maximum Gasteiger partial charge on any atom is 0.106 e. The Balaban J connectivity index is 2.02. The van der Waals surface area contributed by atoms with E-state index in [2.05, 4.69) is 25.1 Å². The van der Waals surface area contributed by atoms with E-state index in [1.54, 1.807) is 0 Å². The molecule has 2 atom stereocenters. The molecule has 0 bridgehead atoms. The molecular weight excluding hydrogens is 236 g/mol. The van der Waals surface area contributed by atoms with Gasteiger partial charge in [0.05, 0.1) is 6.10 Å². The second kappa shape index (κ2) is 5.32. The smallest absolute Gasteiger partial charge is 0.106 e. The molecule has 100 valence electrons. The Morgan fingerprint density at radius 2 is 1.89 bits per heavy atom. The van der Waals surface area contributed by atoms with Crippen LogP contribution in [0.5, 0.6) is 0 Å². The molecule has 1 saturated heterocycles. The Morgan fingerprint density at radius 1 is 1.11 bits per heavy atom. The molecule has 0 spiro atoms. The predicted octanol–water partition coefficient (Wildman–Crippen LogP) is 3.75. The van der Waals surface area contributed by atoms with Gasteiger partial charge in [0.25, 0.3) is 0 Å². The lowest BCUT2D eigenvalue weighted by Gasteiger charge is -2.28. The van der Waals surface area contributed by atoms with Crippen molar-refractivity contribution in [2.45, 2.75) is 38.4 Å². The highest BCUT2D eigenvalue weighted by atomic mass is 16.5. The average molecular weight is 256 g/mol. The first kappa shape index (κ1) is 12.6. The van der Waals surface area contributed by atoms with Crippen molar-refractivity contribution in [2.24, 2.45) is 0 Å². The second-order valence-corrected chi connectivity index (χ2v) is 5.37. The SMILES string of the molecule is Cc1ccc(C(O)C2CCCCO2)c2ccccc12. The van der Waals surface area contributed by atoms with E-state index in [0.29, 0.717) is 0 Å². The first-order chi connectivity index (χ1) is 9.27. The summed E-state index contributed by atoms with van der Waals surface area (Å²) in [5.74, 6) is 0. The molecule has 0 amide bonds. The molecule has 0 aromatic heterocycles. The van der Waals surface area contributed by atoms with E-state index in [1.165, 1.54) is 10.9 Å². The van der Waals surface area contributed by atoms with Crippen LogP contribution in [0, 0.1) is 6.92 Å². The van der Waals surface area contributed by atoms with Crippen LogP contribution in [0.2, 0.25) is 0 Å². The molecule has 2 heteroatoms. The van der Waals surface area contributed by atoms with Gasteiger partial charge in [0.1, 0.15) is 6.10 Å². The summed E-state index contributed by atoms with van der Waals surface area (Å²) >= 11 is 0. The van der Waals surface area contributed by atoms with Crippen molar-refractivity contribution in [2.75, 3.05) is 6.61 Å². The van der Waals surface area contributed by atoms with Crippen LogP contribution >= 0.6 is 0 Å². The van der Waals surface area contributed by atoms with Gasteiger partial charge in [0.2, 0.25) is 0 Å². The van der Waals surface area contributed by atoms with Crippen LogP contribution in [0.25, 0.3) is 10.8 Å². The van der Waals surface area contributed by atoms with Crippen molar-refractivity contribution in [3.05, 3.63) is 47.5 Å². The van der Waals surface area contributed by atoms with Gasteiger partial charge < -0.3 is 9.84 Å². The van der Waals surface area contributed by atoms with Crippen LogP contribution in [0.15, 0.2) is 36.4 Å². The van der Waals surface area contributed by atoms with Gasteiger partial charge >= 0.3 is 0 Å². The van der Waals surface area contributed by atoms with Gasteiger partial charge in [-0.15, -0.1) is 0 Å². The van der Waals surface area contributed by atoms with E-state index in [4.69, 9.17) is 4.74 Å². The highest BCUT2D eigenvalue weighted by molar-refractivity contribution is 5.88. The fourth-order valence-electron chi connectivity index (χ4n) is 2.95. The molecule has 2 aromatic rings. The third-order valence-corrected chi connectivity index (χ3v) is 4.06. The standard InChI is InChI=1S/C17H20O2/c1-12-9-10-15(14-7-3-2-6-13(12)14)17(18)16-8-4-5-11-19-16/h2-3,6-7,9-10,16-18H,4-5,8,11H2,1H3. The molecular formula is C17H20O2. The minimum atomic E-state index is -0.522. The summed E-state index contributed by atoms with van der Waals surface area (Å²) in [4.78, 5) is 0. The van der Waals surface area contributed by atoms with E-state index >= 15 is 0 Å². The summed E-state index contributed by atoms with van der Waals surface area (Å²) in [6, 6.07) is 12.4. The summed E-state index contributed by atoms with van der Waals surface area (Å²) in [5, 5.41) is 13.0. The Kier molecular flexibility index (Phi) is 3.54. The molecule has 1 aliphatic rings. The van der Waals surface area contributed by atoms with Crippen molar-refractivity contribution >= 4 is 10.8 Å². The van der Waals surface area contributed by atoms with Gasteiger partial charge in [-0.2, -0.15) is 0 Å². The number of aliphatic hydroxyl groups is 1. The number of hydrogen-bond acceptors (Lipinski definition) is 2. The van der Waals surface area contributed by atoms with Crippen molar-refractivity contribution in [1.29, 1.82) is 0 Å². The lowest BCUT2D eigenvalue weighted by molar-refractivity contribution is -0.0628. The average Bonchev–Trinajstić information content (AvgIpc) is 2.48. The zero-order valence-electron chi connectivity index (χ0n) is 11.3. The summed E-state index contributed by atoms with van der Waals surface area (Å²) in [6.45, 7) is 2.88. The van der Waals surface area contributed by atoms with E-state index < -0.39 is 6.10 Å². The highest BCUT2D eigenvalue weighted by Gasteiger charge is 2.25. The third-order valence-electron chi connectivity index (χ3n) is 4.06. The van der Waals surface area contributed by atoms with Gasteiger partial charge in [-0.3, -0.25) is 0 Å². The molecule has 1 heterocycles. The van der Waals surface area contributed by atoms with Gasteiger partial charge in [-0.25, -0.2) is 0 Å². The van der Waals surface area contributed by atoms with Crippen LogP contribution < -0.4 is 0 Å². The van der Waals surface area contributed by atoms with Gasteiger partial charge in [0.15, 0.2) is 0 Å². The minimum Gasteiger partial charge on any atom is -0.386 e. The summed E-state index contributed by atoms with van der Waals surface area (Å²) in [5.41, 5.74) is 2.24. The maximum absolute atomic E-state index is 10.6. The van der Waals surface area contributed by atoms with Gasteiger partial charge in [-0.05, 0) is 48.1 Å².